The van der Waals surface area contributed by atoms with E-state index in [1.54, 1.807) is 13.0 Å². The van der Waals surface area contributed by atoms with E-state index in [1.165, 1.54) is 19.0 Å². The van der Waals surface area contributed by atoms with Crippen LogP contribution in [0.5, 0.6) is 5.88 Å². The van der Waals surface area contributed by atoms with Crippen LogP contribution < -0.4 is 10.5 Å². The van der Waals surface area contributed by atoms with Crippen molar-refractivity contribution in [3.63, 3.8) is 0 Å². The SMILES string of the molecule is Cc1cc(OCC2(N)CCCCCC2)ncc1[N+](=O)[O-]. The second kappa shape index (κ2) is 6.17. The number of nitrogens with zero attached hydrogens (tertiary/aromatic N) is 2. The van der Waals surface area contributed by atoms with E-state index in [2.05, 4.69) is 4.98 Å². The number of hydrogen-bond donors (Lipinski definition) is 1. The fraction of sp³-hybridized carbons (Fsp3) is 0.643. The predicted octanol–water partition coefficient (Wildman–Crippen LogP) is 2.73. The van der Waals surface area contributed by atoms with Gasteiger partial charge in [-0.2, -0.15) is 0 Å². The first-order valence-corrected chi connectivity index (χ1v) is 7.03. The molecule has 2 N–H and O–H groups in total. The number of aryl methyl sites for hydroxylation is 1. The molecule has 1 aromatic rings. The van der Waals surface area contributed by atoms with Gasteiger partial charge in [0.15, 0.2) is 0 Å². The summed E-state index contributed by atoms with van der Waals surface area (Å²) in [5.41, 5.74) is 6.62. The van der Waals surface area contributed by atoms with Crippen molar-refractivity contribution in [2.45, 2.75) is 51.0 Å². The molecule has 1 aliphatic rings. The highest BCUT2D eigenvalue weighted by Gasteiger charge is 2.27. The van der Waals surface area contributed by atoms with Gasteiger partial charge in [0, 0.05) is 11.6 Å². The number of aromatic nitrogens is 1. The third-order valence-electron chi connectivity index (χ3n) is 3.86. The Morgan fingerprint density at radius 2 is 2.05 bits per heavy atom. The fourth-order valence-corrected chi connectivity index (χ4v) is 2.59. The van der Waals surface area contributed by atoms with Crippen molar-refractivity contribution in [3.05, 3.63) is 27.9 Å². The topological polar surface area (TPSA) is 91.3 Å². The number of nitrogens with two attached hydrogens (primary N) is 1. The lowest BCUT2D eigenvalue weighted by Gasteiger charge is -2.27. The van der Waals surface area contributed by atoms with Gasteiger partial charge < -0.3 is 10.5 Å². The van der Waals surface area contributed by atoms with E-state index >= 15 is 0 Å². The van der Waals surface area contributed by atoms with Gasteiger partial charge in [0.05, 0.1) is 10.5 Å². The lowest BCUT2D eigenvalue weighted by molar-refractivity contribution is -0.385. The van der Waals surface area contributed by atoms with Gasteiger partial charge in [-0.25, -0.2) is 4.98 Å². The van der Waals surface area contributed by atoms with Gasteiger partial charge >= 0.3 is 0 Å². The first-order valence-electron chi connectivity index (χ1n) is 7.03. The van der Waals surface area contributed by atoms with Crippen LogP contribution in [0.4, 0.5) is 5.69 Å². The Labute approximate surface area is 118 Å². The van der Waals surface area contributed by atoms with Crippen molar-refractivity contribution in [3.8, 4) is 5.88 Å². The molecule has 110 valence electrons. The van der Waals surface area contributed by atoms with Crippen LogP contribution >= 0.6 is 0 Å². The monoisotopic (exact) mass is 279 g/mol. The molecule has 0 spiro atoms. The maximum atomic E-state index is 10.7. The quantitative estimate of drug-likeness (QED) is 0.520. The Bertz CT molecular complexity index is 483. The molecule has 1 heterocycles. The molecule has 1 aromatic heterocycles. The minimum absolute atomic E-state index is 0.00859. The summed E-state index contributed by atoms with van der Waals surface area (Å²) in [6, 6.07) is 1.60. The highest BCUT2D eigenvalue weighted by atomic mass is 16.6. The summed E-state index contributed by atoms with van der Waals surface area (Å²) in [5, 5.41) is 10.7. The summed E-state index contributed by atoms with van der Waals surface area (Å²) in [4.78, 5) is 14.3. The van der Waals surface area contributed by atoms with Crippen molar-refractivity contribution >= 4 is 5.69 Å². The van der Waals surface area contributed by atoms with Gasteiger partial charge in [-0.15, -0.1) is 0 Å². The summed E-state index contributed by atoms with van der Waals surface area (Å²) in [6.07, 6.45) is 7.87. The molecule has 0 saturated heterocycles. The van der Waals surface area contributed by atoms with Crippen molar-refractivity contribution in [2.24, 2.45) is 5.73 Å². The lowest BCUT2D eigenvalue weighted by Crippen LogP contribution is -2.45. The van der Waals surface area contributed by atoms with E-state index < -0.39 is 4.92 Å². The summed E-state index contributed by atoms with van der Waals surface area (Å²) >= 11 is 0. The van der Waals surface area contributed by atoms with Crippen LogP contribution in [0.15, 0.2) is 12.3 Å². The molecule has 0 atom stereocenters. The normalized spacial score (nSPS) is 18.3. The molecule has 0 aliphatic heterocycles. The van der Waals surface area contributed by atoms with Crippen molar-refractivity contribution in [2.75, 3.05) is 6.61 Å². The molecule has 2 rings (SSSR count). The standard InChI is InChI=1S/C14H21N3O3/c1-11-8-13(16-9-12(11)17(18)19)20-10-14(15)6-4-2-3-5-7-14/h8-9H,2-7,10,15H2,1H3. The zero-order valence-corrected chi connectivity index (χ0v) is 11.8. The average molecular weight is 279 g/mol. The molecule has 0 bridgehead atoms. The Balaban J connectivity index is 1.99. The highest BCUT2D eigenvalue weighted by Crippen LogP contribution is 2.26. The van der Waals surface area contributed by atoms with Crippen molar-refractivity contribution in [1.82, 2.24) is 4.98 Å². The van der Waals surface area contributed by atoms with Gasteiger partial charge in [0.1, 0.15) is 12.8 Å². The maximum absolute atomic E-state index is 10.7. The predicted molar refractivity (Wildman–Crippen MR) is 75.7 cm³/mol. The molecule has 6 heteroatoms. The van der Waals surface area contributed by atoms with Gasteiger partial charge in [-0.3, -0.25) is 10.1 Å². The molecule has 0 radical (unpaired) electrons. The van der Waals surface area contributed by atoms with Crippen LogP contribution in [0.3, 0.4) is 0 Å². The lowest BCUT2D eigenvalue weighted by atomic mass is 9.93. The molecular formula is C14H21N3O3. The Hall–Kier alpha value is -1.69. The number of pyridine rings is 1. The first-order chi connectivity index (χ1) is 9.50. The van der Waals surface area contributed by atoms with Gasteiger partial charge in [0.25, 0.3) is 5.69 Å². The van der Waals surface area contributed by atoms with E-state index in [0.717, 1.165) is 25.7 Å². The van der Waals surface area contributed by atoms with E-state index in [9.17, 15) is 10.1 Å². The van der Waals surface area contributed by atoms with Crippen LogP contribution in [0.25, 0.3) is 0 Å². The zero-order chi connectivity index (χ0) is 14.6. The van der Waals surface area contributed by atoms with Crippen LogP contribution in [0, 0.1) is 17.0 Å². The summed E-state index contributed by atoms with van der Waals surface area (Å²) in [5.74, 6) is 0.405. The molecule has 6 nitrogen and oxygen atoms in total. The number of nitro groups is 1. The summed E-state index contributed by atoms with van der Waals surface area (Å²) < 4.78 is 5.66. The minimum atomic E-state index is -0.443. The summed E-state index contributed by atoms with van der Waals surface area (Å²) in [7, 11) is 0. The highest BCUT2D eigenvalue weighted by molar-refractivity contribution is 5.39. The van der Waals surface area contributed by atoms with E-state index in [-0.39, 0.29) is 11.2 Å². The third-order valence-corrected chi connectivity index (χ3v) is 3.86. The molecule has 0 amide bonds. The second-order valence-corrected chi connectivity index (χ2v) is 5.63. The Morgan fingerprint density at radius 1 is 1.40 bits per heavy atom. The minimum Gasteiger partial charge on any atom is -0.476 e. The molecule has 0 aromatic carbocycles. The first kappa shape index (κ1) is 14.7. The average Bonchev–Trinajstić information content (AvgIpc) is 2.61. The Morgan fingerprint density at radius 3 is 2.60 bits per heavy atom. The molecule has 0 unspecified atom stereocenters. The van der Waals surface area contributed by atoms with Crippen molar-refractivity contribution < 1.29 is 9.66 Å². The molecule has 1 aliphatic carbocycles. The molecular weight excluding hydrogens is 258 g/mol. The van der Waals surface area contributed by atoms with Crippen LogP contribution in [0.2, 0.25) is 0 Å². The van der Waals surface area contributed by atoms with Gasteiger partial charge in [-0.1, -0.05) is 25.7 Å². The smallest absolute Gasteiger partial charge is 0.290 e. The van der Waals surface area contributed by atoms with E-state index in [1.807, 2.05) is 0 Å². The fourth-order valence-electron chi connectivity index (χ4n) is 2.59. The largest absolute Gasteiger partial charge is 0.476 e. The Kier molecular flexibility index (Phi) is 4.54. The number of ether oxygens (including phenoxy) is 1. The van der Waals surface area contributed by atoms with Crippen LogP contribution in [-0.2, 0) is 0 Å². The molecule has 20 heavy (non-hydrogen) atoms. The van der Waals surface area contributed by atoms with Crippen LogP contribution in [0.1, 0.15) is 44.1 Å². The summed E-state index contributed by atoms with van der Waals surface area (Å²) in [6.45, 7) is 2.09. The van der Waals surface area contributed by atoms with Gasteiger partial charge in [0.2, 0.25) is 5.88 Å². The van der Waals surface area contributed by atoms with Gasteiger partial charge in [-0.05, 0) is 19.8 Å². The number of rotatable bonds is 4. The third kappa shape index (κ3) is 3.66. The van der Waals surface area contributed by atoms with Crippen molar-refractivity contribution in [1.29, 1.82) is 0 Å². The second-order valence-electron chi connectivity index (χ2n) is 5.63. The molecule has 1 saturated carbocycles. The van der Waals surface area contributed by atoms with Crippen LogP contribution in [-0.4, -0.2) is 22.1 Å². The maximum Gasteiger partial charge on any atom is 0.290 e. The number of hydrogen-bond acceptors (Lipinski definition) is 5. The van der Waals surface area contributed by atoms with E-state index in [4.69, 9.17) is 10.5 Å². The van der Waals surface area contributed by atoms with E-state index in [0.29, 0.717) is 18.1 Å². The zero-order valence-electron chi connectivity index (χ0n) is 11.8. The molecule has 1 fully saturated rings.